The number of nitrogens with two attached hydrogens (primary N) is 1. The molecule has 0 spiro atoms. The average Bonchev–Trinajstić information content (AvgIpc) is 2.79. The Hall–Kier alpha value is -4.20. The summed E-state index contributed by atoms with van der Waals surface area (Å²) >= 11 is 0. The molecule has 0 unspecified atom stereocenters. The number of aliphatic carboxylic acids is 3. The first-order valence-corrected chi connectivity index (χ1v) is 10.5. The number of hydrogen-bond acceptors (Lipinski definition) is 8. The molecule has 14 heteroatoms. The molecule has 0 aromatic heterocycles. The highest BCUT2D eigenvalue weighted by molar-refractivity contribution is 5.93. The van der Waals surface area contributed by atoms with E-state index in [9.17, 15) is 39.0 Å². The number of benzene rings is 1. The van der Waals surface area contributed by atoms with Crippen LogP contribution in [0.5, 0.6) is 5.75 Å². The number of carbonyl (C=O) groups excluding carboxylic acids is 3. The molecule has 0 saturated heterocycles. The van der Waals surface area contributed by atoms with E-state index in [1.165, 1.54) is 24.3 Å². The van der Waals surface area contributed by atoms with Crippen molar-refractivity contribution in [2.24, 2.45) is 5.73 Å². The van der Waals surface area contributed by atoms with Crippen molar-refractivity contribution >= 4 is 35.6 Å². The fourth-order valence-corrected chi connectivity index (χ4v) is 2.83. The van der Waals surface area contributed by atoms with Gasteiger partial charge in [0.2, 0.25) is 17.7 Å². The van der Waals surface area contributed by atoms with Crippen molar-refractivity contribution in [2.75, 3.05) is 6.54 Å². The van der Waals surface area contributed by atoms with Crippen LogP contribution in [0.2, 0.25) is 0 Å². The zero-order valence-corrected chi connectivity index (χ0v) is 18.6. The zero-order valence-electron chi connectivity index (χ0n) is 18.6. The van der Waals surface area contributed by atoms with Crippen molar-refractivity contribution in [1.82, 2.24) is 16.0 Å². The van der Waals surface area contributed by atoms with Gasteiger partial charge in [0, 0.05) is 19.3 Å². The summed E-state index contributed by atoms with van der Waals surface area (Å²) in [6.07, 6.45) is -1.54. The number of carboxylic acids is 3. The van der Waals surface area contributed by atoms with E-state index in [1.807, 2.05) is 0 Å². The molecule has 0 fully saturated rings. The highest BCUT2D eigenvalue weighted by Gasteiger charge is 2.26. The summed E-state index contributed by atoms with van der Waals surface area (Å²) in [5.41, 5.74) is 6.11. The molecule has 0 aliphatic rings. The molecule has 1 aromatic rings. The number of carbonyl (C=O) groups is 6. The summed E-state index contributed by atoms with van der Waals surface area (Å²) < 4.78 is 0. The highest BCUT2D eigenvalue weighted by atomic mass is 16.4. The first-order chi connectivity index (χ1) is 16.4. The van der Waals surface area contributed by atoms with Crippen molar-refractivity contribution in [3.05, 3.63) is 29.8 Å². The monoisotopic (exact) mass is 496 g/mol. The Balaban J connectivity index is 2.70. The van der Waals surface area contributed by atoms with Crippen molar-refractivity contribution in [3.63, 3.8) is 0 Å². The highest BCUT2D eigenvalue weighted by Crippen LogP contribution is 2.11. The largest absolute Gasteiger partial charge is 0.508 e. The lowest BCUT2D eigenvalue weighted by Crippen LogP contribution is -2.53. The minimum Gasteiger partial charge on any atom is -0.508 e. The molecule has 3 amide bonds. The Morgan fingerprint density at radius 1 is 0.800 bits per heavy atom. The van der Waals surface area contributed by atoms with E-state index in [0.717, 1.165) is 0 Å². The third kappa shape index (κ3) is 11.5. The van der Waals surface area contributed by atoms with E-state index in [1.54, 1.807) is 0 Å². The van der Waals surface area contributed by atoms with Crippen LogP contribution in [0.15, 0.2) is 24.3 Å². The van der Waals surface area contributed by atoms with Gasteiger partial charge < -0.3 is 42.1 Å². The molecule has 0 saturated carbocycles. The molecule has 35 heavy (non-hydrogen) atoms. The van der Waals surface area contributed by atoms with Gasteiger partial charge in [0.15, 0.2) is 0 Å². The van der Waals surface area contributed by atoms with Crippen LogP contribution in [0.4, 0.5) is 0 Å². The van der Waals surface area contributed by atoms with E-state index in [0.29, 0.717) is 5.56 Å². The van der Waals surface area contributed by atoms with Crippen molar-refractivity contribution < 1.29 is 49.2 Å². The summed E-state index contributed by atoms with van der Waals surface area (Å²) in [6, 6.07) is 1.70. The topological polar surface area (TPSA) is 245 Å². The van der Waals surface area contributed by atoms with E-state index in [-0.39, 0.29) is 25.0 Å². The van der Waals surface area contributed by atoms with Gasteiger partial charge in [0.1, 0.15) is 17.8 Å². The fraction of sp³-hybridized carbons (Fsp3) is 0.429. The van der Waals surface area contributed by atoms with Crippen molar-refractivity contribution in [2.45, 2.75) is 50.2 Å². The Morgan fingerprint density at radius 3 is 1.91 bits per heavy atom. The van der Waals surface area contributed by atoms with Crippen LogP contribution >= 0.6 is 0 Å². The maximum Gasteiger partial charge on any atom is 0.326 e. The van der Waals surface area contributed by atoms with Gasteiger partial charge in [0.05, 0.1) is 12.6 Å². The number of hydrogen-bond donors (Lipinski definition) is 8. The lowest BCUT2D eigenvalue weighted by molar-refractivity contribution is -0.141. The van der Waals surface area contributed by atoms with Crippen LogP contribution in [-0.2, 0) is 35.2 Å². The smallest absolute Gasteiger partial charge is 0.326 e. The van der Waals surface area contributed by atoms with Gasteiger partial charge in [-0.25, -0.2) is 4.79 Å². The summed E-state index contributed by atoms with van der Waals surface area (Å²) in [7, 11) is 0. The molecule has 1 aromatic carbocycles. The van der Waals surface area contributed by atoms with Crippen LogP contribution in [0.25, 0.3) is 0 Å². The summed E-state index contributed by atoms with van der Waals surface area (Å²) in [5.74, 6) is -6.41. The second-order valence-corrected chi connectivity index (χ2v) is 7.58. The number of aromatic hydroxyl groups is 1. The van der Waals surface area contributed by atoms with Gasteiger partial charge in [-0.3, -0.25) is 24.0 Å². The van der Waals surface area contributed by atoms with Gasteiger partial charge in [-0.15, -0.1) is 0 Å². The maximum atomic E-state index is 12.5. The fourth-order valence-electron chi connectivity index (χ4n) is 2.83. The SMILES string of the molecule is N[C@@H](CCC(=O)O)C(=O)N[C@@H](CCC(=O)O)C(=O)NCC(=O)N[C@@H](Cc1ccc(O)cc1)C(=O)O. The summed E-state index contributed by atoms with van der Waals surface area (Å²) in [4.78, 5) is 69.8. The second-order valence-electron chi connectivity index (χ2n) is 7.58. The van der Waals surface area contributed by atoms with Crippen LogP contribution in [-0.4, -0.2) is 80.7 Å². The molecular formula is C21H28N4O10. The lowest BCUT2D eigenvalue weighted by Gasteiger charge is -2.20. The van der Waals surface area contributed by atoms with E-state index in [4.69, 9.17) is 15.9 Å². The van der Waals surface area contributed by atoms with Crippen molar-refractivity contribution in [1.29, 1.82) is 0 Å². The molecule has 1 rings (SSSR count). The molecule has 192 valence electrons. The Labute approximate surface area is 199 Å². The number of rotatable bonds is 15. The number of nitrogens with one attached hydrogen (secondary N) is 3. The predicted molar refractivity (Wildman–Crippen MR) is 118 cm³/mol. The Morgan fingerprint density at radius 2 is 1.37 bits per heavy atom. The average molecular weight is 496 g/mol. The number of carboxylic acid groups (broad SMARTS) is 3. The van der Waals surface area contributed by atoms with Gasteiger partial charge in [-0.2, -0.15) is 0 Å². The third-order valence-corrected chi connectivity index (χ3v) is 4.72. The maximum absolute atomic E-state index is 12.5. The minimum atomic E-state index is -1.38. The molecule has 0 radical (unpaired) electrons. The van der Waals surface area contributed by atoms with E-state index < -0.39 is 73.1 Å². The summed E-state index contributed by atoms with van der Waals surface area (Å²) in [6.45, 7) is -0.664. The molecule has 9 N–H and O–H groups in total. The van der Waals surface area contributed by atoms with Gasteiger partial charge >= 0.3 is 17.9 Å². The molecule has 0 heterocycles. The predicted octanol–water partition coefficient (Wildman–Crippen LogP) is -1.84. The van der Waals surface area contributed by atoms with Crippen molar-refractivity contribution in [3.8, 4) is 5.75 Å². The normalized spacial score (nSPS) is 13.1. The minimum absolute atomic E-state index is 0.0141. The molecule has 14 nitrogen and oxygen atoms in total. The van der Waals surface area contributed by atoms with Crippen LogP contribution < -0.4 is 21.7 Å². The quantitative estimate of drug-likeness (QED) is 0.134. The zero-order chi connectivity index (χ0) is 26.5. The van der Waals surface area contributed by atoms with E-state index >= 15 is 0 Å². The molecule has 0 aliphatic heterocycles. The van der Waals surface area contributed by atoms with Crippen LogP contribution in [0.1, 0.15) is 31.2 Å². The van der Waals surface area contributed by atoms with Crippen LogP contribution in [0, 0.1) is 0 Å². The molecule has 0 bridgehead atoms. The second kappa shape index (κ2) is 14.1. The van der Waals surface area contributed by atoms with E-state index in [2.05, 4.69) is 16.0 Å². The Bertz CT molecular complexity index is 935. The third-order valence-electron chi connectivity index (χ3n) is 4.72. The lowest BCUT2D eigenvalue weighted by atomic mass is 10.1. The first-order valence-electron chi connectivity index (χ1n) is 10.5. The standard InChI is InChI=1S/C21H28N4O10/c22-13(5-7-17(28)29)19(32)25-14(6-8-18(30)31)20(33)23-10-16(27)24-15(21(34)35)9-11-1-3-12(26)4-2-11/h1-4,13-15,26H,5-10,22H2,(H,23,33)(H,24,27)(H,25,32)(H,28,29)(H,30,31)(H,34,35)/t13-,14-,15-/m0/s1. The first kappa shape index (κ1) is 28.8. The van der Waals surface area contributed by atoms with Crippen LogP contribution in [0.3, 0.4) is 0 Å². The Kier molecular flexibility index (Phi) is 11.7. The molecule has 3 atom stereocenters. The van der Waals surface area contributed by atoms with Gasteiger partial charge in [-0.05, 0) is 30.5 Å². The number of amides is 3. The molecular weight excluding hydrogens is 468 g/mol. The summed E-state index contributed by atoms with van der Waals surface area (Å²) in [5, 5.41) is 42.9. The van der Waals surface area contributed by atoms with Gasteiger partial charge in [0.25, 0.3) is 0 Å². The number of phenolic OH excluding ortho intramolecular Hbond substituents is 1. The van der Waals surface area contributed by atoms with Gasteiger partial charge in [-0.1, -0.05) is 12.1 Å². The number of phenols is 1. The molecule has 0 aliphatic carbocycles.